The Hall–Kier alpha value is -2.31. The minimum absolute atomic E-state index is 0.141. The monoisotopic (exact) mass is 366 g/mol. The van der Waals surface area contributed by atoms with Crippen molar-refractivity contribution in [1.29, 1.82) is 0 Å². The van der Waals surface area contributed by atoms with E-state index in [1.807, 2.05) is 58.3 Å². The highest BCUT2D eigenvalue weighted by atomic mass is 32.2. The molecule has 26 heavy (non-hydrogen) atoms. The highest BCUT2D eigenvalue weighted by molar-refractivity contribution is 7.98. The van der Waals surface area contributed by atoms with E-state index >= 15 is 0 Å². The van der Waals surface area contributed by atoms with Crippen LogP contribution in [0.1, 0.15) is 16.1 Å². The Labute approximate surface area is 157 Å². The minimum Gasteiger partial charge on any atom is -0.336 e. The molecular formula is C20H22N4OS. The molecule has 4 rings (SSSR count). The first-order chi connectivity index (χ1) is 12.7. The van der Waals surface area contributed by atoms with Gasteiger partial charge in [0.1, 0.15) is 0 Å². The molecule has 6 heteroatoms. The lowest BCUT2D eigenvalue weighted by Gasteiger charge is -2.34. The molecule has 1 aliphatic rings. The third-order valence-corrected chi connectivity index (χ3v) is 5.60. The zero-order valence-corrected chi connectivity index (χ0v) is 15.7. The number of benzene rings is 1. The fraction of sp³-hybridized carbons (Fsp3) is 0.300. The molecule has 0 aliphatic carbocycles. The molecule has 2 aromatic heterocycles. The van der Waals surface area contributed by atoms with E-state index in [0.717, 1.165) is 54.4 Å². The Morgan fingerprint density at radius 2 is 1.85 bits per heavy atom. The first-order valence-electron chi connectivity index (χ1n) is 8.82. The number of pyridine rings is 1. The van der Waals surface area contributed by atoms with Gasteiger partial charge in [0.15, 0.2) is 0 Å². The van der Waals surface area contributed by atoms with Crippen molar-refractivity contribution in [3.8, 4) is 0 Å². The third-order valence-electron chi connectivity index (χ3n) is 4.80. The summed E-state index contributed by atoms with van der Waals surface area (Å²) < 4.78 is 1.91. The van der Waals surface area contributed by atoms with Crippen molar-refractivity contribution in [2.75, 3.05) is 32.4 Å². The maximum absolute atomic E-state index is 12.8. The minimum atomic E-state index is 0.141. The molecular weight excluding hydrogens is 344 g/mol. The maximum atomic E-state index is 12.8. The van der Waals surface area contributed by atoms with Crippen LogP contribution in [0.4, 0.5) is 0 Å². The fourth-order valence-corrected chi connectivity index (χ4v) is 3.99. The van der Waals surface area contributed by atoms with Gasteiger partial charge >= 0.3 is 0 Å². The Morgan fingerprint density at radius 1 is 1.08 bits per heavy atom. The summed E-state index contributed by atoms with van der Waals surface area (Å²) in [5, 5.41) is 4.62. The molecule has 1 fully saturated rings. The standard InChI is InChI=1S/C20H22N4OS/c1-26-19-8-3-2-7-18(19)20(25)23-12-10-22(11-13-23)15-16-14-17-6-4-5-9-24(17)21-16/h2-9,14H,10-13,15H2,1H3. The van der Waals surface area contributed by atoms with Gasteiger partial charge in [0, 0.05) is 43.8 Å². The lowest BCUT2D eigenvalue weighted by molar-refractivity contribution is 0.0623. The van der Waals surface area contributed by atoms with Crippen LogP contribution >= 0.6 is 11.8 Å². The van der Waals surface area contributed by atoms with Crippen LogP contribution in [0.5, 0.6) is 0 Å². The van der Waals surface area contributed by atoms with Crippen LogP contribution in [0.15, 0.2) is 59.6 Å². The number of aromatic nitrogens is 2. The summed E-state index contributed by atoms with van der Waals surface area (Å²) in [6.07, 6.45) is 3.98. The number of carbonyl (C=O) groups excluding carboxylic acids is 1. The van der Waals surface area contributed by atoms with Crippen LogP contribution in [0, 0.1) is 0 Å². The number of rotatable bonds is 4. The average molecular weight is 366 g/mol. The summed E-state index contributed by atoms with van der Waals surface area (Å²) >= 11 is 1.62. The Morgan fingerprint density at radius 3 is 2.62 bits per heavy atom. The van der Waals surface area contributed by atoms with Gasteiger partial charge in [0.05, 0.1) is 16.8 Å². The molecule has 0 saturated carbocycles. The molecule has 0 unspecified atom stereocenters. The molecule has 1 aromatic carbocycles. The van der Waals surface area contributed by atoms with Crippen molar-refractivity contribution < 1.29 is 4.79 Å². The largest absolute Gasteiger partial charge is 0.336 e. The molecule has 3 aromatic rings. The number of hydrogen-bond acceptors (Lipinski definition) is 4. The van der Waals surface area contributed by atoms with E-state index < -0.39 is 0 Å². The first-order valence-corrected chi connectivity index (χ1v) is 10.0. The summed E-state index contributed by atoms with van der Waals surface area (Å²) in [6.45, 7) is 4.09. The molecule has 0 radical (unpaired) electrons. The molecule has 1 amide bonds. The zero-order valence-electron chi connectivity index (χ0n) is 14.8. The van der Waals surface area contributed by atoms with Gasteiger partial charge < -0.3 is 4.90 Å². The van der Waals surface area contributed by atoms with Crippen molar-refractivity contribution >= 4 is 23.2 Å². The van der Waals surface area contributed by atoms with E-state index in [9.17, 15) is 4.79 Å². The second-order valence-electron chi connectivity index (χ2n) is 6.47. The van der Waals surface area contributed by atoms with Crippen molar-refractivity contribution in [3.05, 3.63) is 66.0 Å². The number of nitrogens with zero attached hydrogens (tertiary/aromatic N) is 4. The average Bonchev–Trinajstić information content (AvgIpc) is 3.10. The van der Waals surface area contributed by atoms with Gasteiger partial charge in [-0.05, 0) is 36.6 Å². The number of carbonyl (C=O) groups is 1. The van der Waals surface area contributed by atoms with Gasteiger partial charge in [-0.2, -0.15) is 5.10 Å². The molecule has 5 nitrogen and oxygen atoms in total. The predicted octanol–water partition coefficient (Wildman–Crippen LogP) is 3.01. The lowest BCUT2D eigenvalue weighted by Crippen LogP contribution is -2.48. The predicted molar refractivity (Wildman–Crippen MR) is 105 cm³/mol. The number of hydrogen-bond donors (Lipinski definition) is 0. The van der Waals surface area contributed by atoms with E-state index in [-0.39, 0.29) is 5.91 Å². The smallest absolute Gasteiger partial charge is 0.255 e. The van der Waals surface area contributed by atoms with E-state index in [4.69, 9.17) is 0 Å². The fourth-order valence-electron chi connectivity index (χ4n) is 3.40. The highest BCUT2D eigenvalue weighted by Crippen LogP contribution is 2.22. The summed E-state index contributed by atoms with van der Waals surface area (Å²) in [5.41, 5.74) is 3.00. The number of fused-ring (bicyclic) bond motifs is 1. The van der Waals surface area contributed by atoms with Crippen molar-refractivity contribution in [3.63, 3.8) is 0 Å². The lowest BCUT2D eigenvalue weighted by atomic mass is 10.1. The van der Waals surface area contributed by atoms with Crippen molar-refractivity contribution in [2.45, 2.75) is 11.4 Å². The number of thioether (sulfide) groups is 1. The van der Waals surface area contributed by atoms with Gasteiger partial charge in [-0.3, -0.25) is 9.69 Å². The second-order valence-corrected chi connectivity index (χ2v) is 7.32. The SMILES string of the molecule is CSc1ccccc1C(=O)N1CCN(Cc2cc3ccccn3n2)CC1. The van der Waals surface area contributed by atoms with Gasteiger partial charge in [0.2, 0.25) is 0 Å². The Bertz CT molecular complexity index is 882. The summed E-state index contributed by atoms with van der Waals surface area (Å²) in [6, 6.07) is 16.1. The van der Waals surface area contributed by atoms with Crippen LogP contribution < -0.4 is 0 Å². The van der Waals surface area contributed by atoms with Crippen molar-refractivity contribution in [1.82, 2.24) is 19.4 Å². The number of piperazine rings is 1. The highest BCUT2D eigenvalue weighted by Gasteiger charge is 2.24. The molecule has 0 bridgehead atoms. The summed E-state index contributed by atoms with van der Waals surface area (Å²) in [4.78, 5) is 18.2. The maximum Gasteiger partial charge on any atom is 0.255 e. The molecule has 134 valence electrons. The van der Waals surface area contributed by atoms with E-state index in [1.165, 1.54) is 0 Å². The topological polar surface area (TPSA) is 40.9 Å². The quantitative estimate of drug-likeness (QED) is 0.666. The summed E-state index contributed by atoms with van der Waals surface area (Å²) in [7, 11) is 0. The van der Waals surface area contributed by atoms with Crippen LogP contribution in [0.25, 0.3) is 5.52 Å². The first kappa shape index (κ1) is 17.1. The van der Waals surface area contributed by atoms with E-state index in [2.05, 4.69) is 22.1 Å². The Balaban J connectivity index is 1.38. The number of amides is 1. The van der Waals surface area contributed by atoms with Crippen LogP contribution in [-0.2, 0) is 6.54 Å². The van der Waals surface area contributed by atoms with Gasteiger partial charge in [-0.15, -0.1) is 11.8 Å². The normalized spacial score (nSPS) is 15.5. The molecule has 1 saturated heterocycles. The third kappa shape index (κ3) is 3.48. The van der Waals surface area contributed by atoms with Crippen molar-refractivity contribution in [2.24, 2.45) is 0 Å². The van der Waals surface area contributed by atoms with Gasteiger partial charge in [-0.25, -0.2) is 4.52 Å². The van der Waals surface area contributed by atoms with Crippen LogP contribution in [0.2, 0.25) is 0 Å². The van der Waals surface area contributed by atoms with Crippen LogP contribution in [0.3, 0.4) is 0 Å². The van der Waals surface area contributed by atoms with E-state index in [0.29, 0.717) is 0 Å². The zero-order chi connectivity index (χ0) is 17.9. The molecule has 0 spiro atoms. The van der Waals surface area contributed by atoms with Gasteiger partial charge in [-0.1, -0.05) is 18.2 Å². The van der Waals surface area contributed by atoms with Crippen LogP contribution in [-0.4, -0.2) is 57.8 Å². The summed E-state index contributed by atoms with van der Waals surface area (Å²) in [5.74, 6) is 0.141. The molecule has 3 heterocycles. The second kappa shape index (κ2) is 7.51. The Kier molecular flexibility index (Phi) is 4.95. The molecule has 0 N–H and O–H groups in total. The van der Waals surface area contributed by atoms with Gasteiger partial charge in [0.25, 0.3) is 5.91 Å². The van der Waals surface area contributed by atoms with E-state index in [1.54, 1.807) is 11.8 Å². The molecule has 0 atom stereocenters. The molecule has 1 aliphatic heterocycles.